The first-order valence-electron chi connectivity index (χ1n) is 8.51. The van der Waals surface area contributed by atoms with Crippen molar-refractivity contribution in [2.45, 2.75) is 30.1 Å². The summed E-state index contributed by atoms with van der Waals surface area (Å²) in [5.74, 6) is -0.476. The van der Waals surface area contributed by atoms with E-state index in [1.54, 1.807) is 16.7 Å². The van der Waals surface area contributed by atoms with Crippen molar-refractivity contribution in [3.8, 4) is 11.1 Å². The Bertz CT molecular complexity index is 840. The monoisotopic (exact) mass is 462 g/mol. The van der Waals surface area contributed by atoms with Gasteiger partial charge < -0.3 is 24.8 Å². The average molecular weight is 465 g/mol. The van der Waals surface area contributed by atoms with Crippen molar-refractivity contribution in [3.05, 3.63) is 76.9 Å². The molecular weight excluding hydrogens is 442 g/mol. The fraction of sp³-hybridized carbons (Fsp3) is 0.238. The SMILES string of the molecule is Cc1ccc(C2=CC=CC2)c2c1-c1ccccc1[CH]2[Zr+2][SiH](C)C.[Cl-].[Cl-]. The third-order valence-electron chi connectivity index (χ3n) is 4.90. The van der Waals surface area contributed by atoms with Gasteiger partial charge in [0, 0.05) is 0 Å². The fourth-order valence-electron chi connectivity index (χ4n) is 3.95. The molecule has 1 atom stereocenters. The number of hydrogen-bond donors (Lipinski definition) is 0. The Balaban J connectivity index is 0.00000113. The van der Waals surface area contributed by atoms with Crippen LogP contribution in [0, 0.1) is 6.92 Å². The normalized spacial score (nSPS) is 16.5. The van der Waals surface area contributed by atoms with Crippen molar-refractivity contribution in [2.75, 3.05) is 0 Å². The summed E-state index contributed by atoms with van der Waals surface area (Å²) < 4.78 is 0.771. The molecular formula is C21H22Cl2SiZr. The molecule has 0 aliphatic heterocycles. The molecule has 4 heteroatoms. The van der Waals surface area contributed by atoms with Gasteiger partial charge in [-0.25, -0.2) is 0 Å². The minimum Gasteiger partial charge on any atom is -1.00 e. The largest absolute Gasteiger partial charge is 1.00 e. The predicted octanol–water partition coefficient (Wildman–Crippen LogP) is -0.518. The van der Waals surface area contributed by atoms with E-state index in [9.17, 15) is 0 Å². The summed E-state index contributed by atoms with van der Waals surface area (Å²) in [5, 5.41) is 0. The fourth-order valence-corrected chi connectivity index (χ4v) is 13.8. The van der Waals surface area contributed by atoms with Gasteiger partial charge in [-0.1, -0.05) is 0 Å². The van der Waals surface area contributed by atoms with E-state index in [-0.39, 0.29) is 47.2 Å². The Morgan fingerprint density at radius 3 is 2.44 bits per heavy atom. The number of aryl methyl sites for hydroxylation is 1. The van der Waals surface area contributed by atoms with E-state index in [1.165, 1.54) is 22.3 Å². The average Bonchev–Trinajstić information content (AvgIpc) is 3.16. The third-order valence-corrected chi connectivity index (χ3v) is 14.7. The zero-order valence-corrected chi connectivity index (χ0v) is 19.9. The molecule has 0 radical (unpaired) electrons. The van der Waals surface area contributed by atoms with E-state index in [0.717, 1.165) is 10.0 Å². The molecule has 0 spiro atoms. The van der Waals surface area contributed by atoms with E-state index < -0.39 is 5.92 Å². The molecule has 0 nitrogen and oxygen atoms in total. The molecule has 0 amide bonds. The van der Waals surface area contributed by atoms with Crippen LogP contribution in [0.25, 0.3) is 16.7 Å². The Morgan fingerprint density at radius 2 is 1.76 bits per heavy atom. The summed E-state index contributed by atoms with van der Waals surface area (Å²) in [5.41, 5.74) is 10.9. The summed E-state index contributed by atoms with van der Waals surface area (Å²) in [7, 11) is 0. The van der Waals surface area contributed by atoms with Gasteiger partial charge in [-0.2, -0.15) is 0 Å². The Kier molecular flexibility index (Phi) is 7.13. The first-order valence-corrected chi connectivity index (χ1v) is 17.1. The molecule has 2 aliphatic rings. The Hall–Kier alpha value is -0.400. The molecule has 0 saturated heterocycles. The molecule has 2 aromatic carbocycles. The maximum atomic E-state index is 2.55. The van der Waals surface area contributed by atoms with Crippen LogP contribution in [-0.4, -0.2) is 5.92 Å². The maximum absolute atomic E-state index is 2.55. The van der Waals surface area contributed by atoms with Crippen LogP contribution >= 0.6 is 0 Å². The summed E-state index contributed by atoms with van der Waals surface area (Å²) in [6, 6.07) is 13.9. The molecule has 128 valence electrons. The van der Waals surface area contributed by atoms with Crippen LogP contribution in [0.3, 0.4) is 0 Å². The number of fused-ring (bicyclic) bond motifs is 3. The first-order chi connectivity index (χ1) is 11.2. The van der Waals surface area contributed by atoms with Gasteiger partial charge in [0.2, 0.25) is 0 Å². The zero-order chi connectivity index (χ0) is 16.0. The van der Waals surface area contributed by atoms with Crippen molar-refractivity contribution in [2.24, 2.45) is 0 Å². The zero-order valence-electron chi connectivity index (χ0n) is 14.8. The smallest absolute Gasteiger partial charge is 1.00 e. The van der Waals surface area contributed by atoms with Crippen molar-refractivity contribution < 1.29 is 47.2 Å². The molecule has 0 N–H and O–H groups in total. The van der Waals surface area contributed by atoms with E-state index >= 15 is 0 Å². The summed E-state index contributed by atoms with van der Waals surface area (Å²) in [6.07, 6.45) is 7.93. The van der Waals surface area contributed by atoms with E-state index in [1.807, 2.05) is 0 Å². The number of benzene rings is 2. The number of rotatable bonds is 3. The van der Waals surface area contributed by atoms with Crippen molar-refractivity contribution >= 4 is 11.5 Å². The molecule has 25 heavy (non-hydrogen) atoms. The number of allylic oxidation sites excluding steroid dienone is 4. The first kappa shape index (κ1) is 20.9. The molecule has 1 unspecified atom stereocenters. The van der Waals surface area contributed by atoms with Crippen molar-refractivity contribution in [1.29, 1.82) is 0 Å². The molecule has 0 bridgehead atoms. The van der Waals surface area contributed by atoms with Gasteiger partial charge in [-0.3, -0.25) is 0 Å². The van der Waals surface area contributed by atoms with Crippen molar-refractivity contribution in [1.82, 2.24) is 0 Å². The summed E-state index contributed by atoms with van der Waals surface area (Å²) >= 11 is -0.388. The van der Waals surface area contributed by atoms with Gasteiger partial charge in [-0.15, -0.1) is 0 Å². The molecule has 2 aromatic rings. The topological polar surface area (TPSA) is 0 Å². The van der Waals surface area contributed by atoms with Gasteiger partial charge in [0.05, 0.1) is 0 Å². The van der Waals surface area contributed by atoms with Gasteiger partial charge in [0.1, 0.15) is 0 Å². The third kappa shape index (κ3) is 3.69. The van der Waals surface area contributed by atoms with Gasteiger partial charge >= 0.3 is 152 Å². The molecule has 0 saturated carbocycles. The van der Waals surface area contributed by atoms with Gasteiger partial charge in [0.25, 0.3) is 0 Å². The van der Waals surface area contributed by atoms with Crippen LogP contribution in [0.5, 0.6) is 0 Å². The number of halogens is 2. The van der Waals surface area contributed by atoms with Crippen LogP contribution in [0.4, 0.5) is 0 Å². The summed E-state index contributed by atoms with van der Waals surface area (Å²) in [6.45, 7) is 7.40. The molecule has 0 fully saturated rings. The van der Waals surface area contributed by atoms with Crippen LogP contribution in [-0.2, 0) is 22.4 Å². The molecule has 4 rings (SSSR count). The van der Waals surface area contributed by atoms with E-state index in [0.29, 0.717) is 0 Å². The second-order valence-corrected chi connectivity index (χ2v) is 21.9. The standard InChI is InChI=1S/C19H15.C2H7Si.2ClH.Zr/c1-13-10-11-16(14-6-2-3-7-14)18-12-15-8-4-5-9-17(15)19(13)18;1-3-2;;;/h2-6,8-12H,7H2,1H3;3H,1-2H3;2*1H;/q;;;;+2/p-2. The minimum atomic E-state index is -0.476. The molecule has 2 aliphatic carbocycles. The Morgan fingerprint density at radius 1 is 1.00 bits per heavy atom. The van der Waals surface area contributed by atoms with Crippen molar-refractivity contribution in [3.63, 3.8) is 0 Å². The summed E-state index contributed by atoms with van der Waals surface area (Å²) in [4.78, 5) is 0. The van der Waals surface area contributed by atoms with Gasteiger partial charge in [0.15, 0.2) is 0 Å². The molecule has 0 heterocycles. The second-order valence-electron chi connectivity index (χ2n) is 6.88. The van der Waals surface area contributed by atoms with E-state index in [4.69, 9.17) is 0 Å². The van der Waals surface area contributed by atoms with Crippen LogP contribution in [0.1, 0.15) is 32.3 Å². The Labute approximate surface area is 175 Å². The predicted molar refractivity (Wildman–Crippen MR) is 99.1 cm³/mol. The van der Waals surface area contributed by atoms with Crippen LogP contribution < -0.4 is 24.8 Å². The quantitative estimate of drug-likeness (QED) is 0.537. The minimum absolute atomic E-state index is 0. The molecule has 0 aromatic heterocycles. The number of hydrogen-bond acceptors (Lipinski definition) is 0. The van der Waals surface area contributed by atoms with E-state index in [2.05, 4.69) is 74.6 Å². The van der Waals surface area contributed by atoms with Crippen LogP contribution in [0.15, 0.2) is 54.6 Å². The van der Waals surface area contributed by atoms with Gasteiger partial charge in [-0.05, 0) is 0 Å². The maximum Gasteiger partial charge on any atom is -1.00 e. The van der Waals surface area contributed by atoms with Crippen LogP contribution in [0.2, 0.25) is 13.1 Å². The second kappa shape index (κ2) is 8.53.